The average Bonchev–Trinajstić information content (AvgIpc) is 4.25. The quantitative estimate of drug-likeness (QED) is 0.0658. The van der Waals surface area contributed by atoms with Crippen LogP contribution in [-0.4, -0.2) is 142 Å². The summed E-state index contributed by atoms with van der Waals surface area (Å²) in [4.78, 5) is 10.7. The lowest BCUT2D eigenvalue weighted by molar-refractivity contribution is -0.873. The minimum absolute atomic E-state index is 0.0658. The Bertz CT molecular complexity index is 3120. The zero-order valence-corrected chi connectivity index (χ0v) is 47.6. The number of halogens is 2. The van der Waals surface area contributed by atoms with Gasteiger partial charge < -0.3 is 44.7 Å². The Morgan fingerprint density at radius 2 is 1.12 bits per heavy atom. The molecule has 4 saturated carbocycles. The van der Waals surface area contributed by atoms with E-state index in [1.54, 1.807) is 14.1 Å². The third-order valence-electron chi connectivity index (χ3n) is 21.3. The van der Waals surface area contributed by atoms with Crippen LogP contribution in [0.3, 0.4) is 0 Å². The molecule has 4 aromatic rings. The second-order valence-electron chi connectivity index (χ2n) is 25.2. The van der Waals surface area contributed by atoms with Gasteiger partial charge in [-0.1, -0.05) is 62.4 Å². The Balaban J connectivity index is 0.000000149. The molecule has 2 aromatic carbocycles. The highest BCUT2D eigenvalue weighted by atomic mass is 35.5. The SMILES string of the molecule is CN(C)[C@H]1CC23CC[C@@]4(O2)C(=CC[C@]2(C)[C@@H](c5ccc6ccncc6c5)CC[C@H]24)C=C3[C@@H](O)[C@@H]1O.C[C@]12CC=C3C=C4[C@@H](O)[C@H](O)[C@@H]([N+](C)(C)[O-])CC45CC[C@]3(O5)[C@@H]1CC[C@@H]2c1ccc2ccncc2c1.ClCCl.O=[Si]=O. The number of aromatic nitrogens is 2. The molecule has 2 unspecified atom stereocenters. The van der Waals surface area contributed by atoms with Gasteiger partial charge in [-0.3, -0.25) is 18.9 Å². The molecule has 6 heterocycles. The standard InChI is InChI=1S/C30H36N2O4.C30H36N2O3.CH2Cl2.O2Si/c1-28-10-8-21-15-23-26(33)27(34)24(32(2,3)35)16-29(23)11-12-30(21,36-29)25(28)7-6-22(28)19-5-4-18-9-13-31-17-20(18)14-19;1-28-10-8-21-15-23-26(33)27(34)24(32(2)3)16-29(23)11-12-30(21,35-29)25(28)7-6-22(28)19-5-4-18-9-13-31-17-20(18)14-19;2-1-3;1-3-2/h4-5,8-9,13-15,17,22,24-27,33-34H,6-7,10-12,16H2,1-3H3;4-5,8-9,13-15,17,22,24-27,33-34H,6-7,10-12,16H2,1-3H3;1H2;/t2*22-,24+,25-,26-,27-,28-,29?,30-;;/m11../s1. The Morgan fingerprint density at radius 3 is 1.56 bits per heavy atom. The number of nitrogens with zero attached hydrogens (tertiary/aromatic N) is 4. The van der Waals surface area contributed by atoms with Crippen LogP contribution in [0.4, 0.5) is 0 Å². The molecule has 2 aromatic heterocycles. The number of hydrogen-bond acceptors (Lipinski definition) is 12. The number of alkyl halides is 2. The van der Waals surface area contributed by atoms with Gasteiger partial charge in [0.15, 0.2) is 0 Å². The van der Waals surface area contributed by atoms with Crippen LogP contribution >= 0.6 is 23.2 Å². The van der Waals surface area contributed by atoms with Gasteiger partial charge in [0.2, 0.25) is 0 Å². The van der Waals surface area contributed by atoms with E-state index in [0.29, 0.717) is 30.1 Å². The first-order valence-electron chi connectivity index (χ1n) is 27.7. The Morgan fingerprint density at radius 1 is 0.675 bits per heavy atom. The number of likely N-dealkylation sites (N-methyl/N-ethyl adjacent to an activating group) is 2. The van der Waals surface area contributed by atoms with Gasteiger partial charge in [0.1, 0.15) is 24.4 Å². The summed E-state index contributed by atoms with van der Waals surface area (Å²) < 4.78 is 30.6. The molecule has 16 atom stereocenters. The summed E-state index contributed by atoms with van der Waals surface area (Å²) in [5.74, 6) is 1.74. The van der Waals surface area contributed by atoms with Crippen molar-refractivity contribution in [2.24, 2.45) is 22.7 Å². The zero-order chi connectivity index (χ0) is 54.7. The molecule has 6 fully saturated rings. The first kappa shape index (κ1) is 55.2. The largest absolute Gasteiger partial charge is 0.633 e. The number of fused-ring (bicyclic) bond motifs is 4. The van der Waals surface area contributed by atoms with Gasteiger partial charge in [0.05, 0.1) is 47.9 Å². The summed E-state index contributed by atoms with van der Waals surface area (Å²) in [5, 5.41) is 62.1. The summed E-state index contributed by atoms with van der Waals surface area (Å²) in [6, 6.07) is 17.2. The lowest BCUT2D eigenvalue weighted by atomic mass is 9.58. The van der Waals surface area contributed by atoms with Gasteiger partial charge in [-0.2, -0.15) is 0 Å². The molecule has 4 bridgehead atoms. The monoisotopic (exact) mass is 1100 g/mol. The number of hydrogen-bond donors (Lipinski definition) is 4. The predicted octanol–water partition coefficient (Wildman–Crippen LogP) is 9.51. The molecule has 4 spiro atoms. The molecule has 6 aliphatic carbocycles. The van der Waals surface area contributed by atoms with Gasteiger partial charge in [-0.25, -0.2) is 0 Å². The van der Waals surface area contributed by atoms with Crippen molar-refractivity contribution >= 4 is 54.0 Å². The van der Waals surface area contributed by atoms with Gasteiger partial charge in [-0.05, 0) is 188 Å². The molecule has 4 aliphatic heterocycles. The van der Waals surface area contributed by atoms with E-state index >= 15 is 0 Å². The van der Waals surface area contributed by atoms with E-state index in [0.717, 1.165) is 75.4 Å². The van der Waals surface area contributed by atoms with Crippen molar-refractivity contribution in [1.29, 1.82) is 0 Å². The molecule has 13 nitrogen and oxygen atoms in total. The lowest BCUT2D eigenvalue weighted by Crippen LogP contribution is -2.65. The topological polar surface area (TPSA) is 186 Å². The first-order chi connectivity index (χ1) is 36.7. The van der Waals surface area contributed by atoms with E-state index in [4.69, 9.17) is 41.6 Å². The number of pyridine rings is 2. The van der Waals surface area contributed by atoms with Crippen molar-refractivity contribution in [2.45, 2.75) is 162 Å². The summed E-state index contributed by atoms with van der Waals surface area (Å²) in [6.07, 6.45) is 24.3. The minimum Gasteiger partial charge on any atom is -0.633 e. The van der Waals surface area contributed by atoms with Crippen LogP contribution in [0.5, 0.6) is 0 Å². The summed E-state index contributed by atoms with van der Waals surface area (Å²) in [6.45, 7) is 4.93. The van der Waals surface area contributed by atoms with Crippen LogP contribution in [0.1, 0.15) is 114 Å². The highest BCUT2D eigenvalue weighted by molar-refractivity contribution is 6.40. The van der Waals surface area contributed by atoms with Crippen molar-refractivity contribution in [2.75, 3.05) is 33.5 Å². The van der Waals surface area contributed by atoms with E-state index in [1.807, 2.05) is 43.8 Å². The number of hydroxylamine groups is 3. The summed E-state index contributed by atoms with van der Waals surface area (Å²) in [7, 11) is 5.68. The maximum absolute atomic E-state index is 12.9. The molecule has 10 aliphatic rings. The average molecular weight is 1110 g/mol. The Labute approximate surface area is 464 Å². The van der Waals surface area contributed by atoms with Crippen molar-refractivity contribution in [1.82, 2.24) is 14.9 Å². The van der Waals surface area contributed by atoms with Crippen LogP contribution in [0, 0.1) is 27.9 Å². The van der Waals surface area contributed by atoms with E-state index in [1.165, 1.54) is 50.2 Å². The minimum atomic E-state index is -1.42. The number of aliphatic hydroxyl groups excluding tert-OH is 4. The maximum atomic E-state index is 12.9. The highest BCUT2D eigenvalue weighted by Crippen LogP contribution is 2.71. The number of rotatable bonds is 4. The fourth-order valence-electron chi connectivity index (χ4n) is 17.7. The smallest absolute Gasteiger partial charge is 0.549 e. The number of aliphatic hydroxyl groups is 4. The molecule has 77 heavy (non-hydrogen) atoms. The van der Waals surface area contributed by atoms with Crippen LogP contribution in [0.2, 0.25) is 0 Å². The van der Waals surface area contributed by atoms with Crippen molar-refractivity contribution in [3.8, 4) is 0 Å². The molecule has 0 amide bonds. The fourth-order valence-corrected chi connectivity index (χ4v) is 17.7. The summed E-state index contributed by atoms with van der Waals surface area (Å²) in [5.41, 5.74) is 5.34. The van der Waals surface area contributed by atoms with E-state index in [-0.39, 0.29) is 33.4 Å². The van der Waals surface area contributed by atoms with Gasteiger partial charge in [0.25, 0.3) is 0 Å². The molecule has 0 radical (unpaired) electrons. The van der Waals surface area contributed by atoms with Crippen LogP contribution in [0.15, 0.2) is 120 Å². The molecule has 16 heteroatoms. The van der Waals surface area contributed by atoms with Crippen LogP contribution < -0.4 is 0 Å². The Hall–Kier alpha value is -3.74. The van der Waals surface area contributed by atoms with E-state index in [9.17, 15) is 25.6 Å². The maximum Gasteiger partial charge on any atom is 0.549 e. The molecule has 2 saturated heterocycles. The Kier molecular flexibility index (Phi) is 14.4. The number of benzene rings is 2. The highest BCUT2D eigenvalue weighted by Gasteiger charge is 2.70. The summed E-state index contributed by atoms with van der Waals surface area (Å²) >= 11 is 9.53. The second kappa shape index (κ2) is 20.1. The number of quaternary nitrogens is 1. The first-order valence-corrected chi connectivity index (χ1v) is 29.5. The second-order valence-corrected chi connectivity index (χ2v) is 26.2. The lowest BCUT2D eigenvalue weighted by Gasteiger charge is -2.57. The predicted molar refractivity (Wildman–Crippen MR) is 297 cm³/mol. The van der Waals surface area contributed by atoms with Crippen molar-refractivity contribution in [3.05, 3.63) is 136 Å². The third-order valence-corrected chi connectivity index (χ3v) is 21.3. The molecule has 4 N–H and O–H groups in total. The normalized spacial score (nSPS) is 40.6. The van der Waals surface area contributed by atoms with Gasteiger partial charge in [-0.15, -0.1) is 23.2 Å². The molecule has 14 rings (SSSR count). The molecular weight excluding hydrogens is 1030 g/mol. The fraction of sp³-hybridized carbons (Fsp3) is 0.574. The van der Waals surface area contributed by atoms with Crippen molar-refractivity contribution < 1.29 is 43.5 Å². The number of allylic oxidation sites excluding steroid dienone is 2. The van der Waals surface area contributed by atoms with Crippen LogP contribution in [-0.2, 0) is 18.4 Å². The van der Waals surface area contributed by atoms with E-state index < -0.39 is 55.6 Å². The van der Waals surface area contributed by atoms with Gasteiger partial charge in [0, 0.05) is 48.0 Å². The molecular formula is C61H74Cl2N4O9Si. The molecule has 410 valence electrons. The number of ether oxygens (including phenoxy) is 2. The zero-order valence-electron chi connectivity index (χ0n) is 45.1. The van der Waals surface area contributed by atoms with Crippen LogP contribution in [0.25, 0.3) is 21.5 Å². The van der Waals surface area contributed by atoms with Crippen molar-refractivity contribution in [3.63, 3.8) is 0 Å². The third kappa shape index (κ3) is 8.55. The van der Waals surface area contributed by atoms with Gasteiger partial charge >= 0.3 is 9.29 Å². The van der Waals surface area contributed by atoms with E-state index in [2.05, 4.69) is 96.7 Å².